The second-order valence-electron chi connectivity index (χ2n) is 9.47. The van der Waals surface area contributed by atoms with Crippen LogP contribution in [0.15, 0.2) is 59.8 Å². The van der Waals surface area contributed by atoms with E-state index in [0.29, 0.717) is 40.7 Å². The van der Waals surface area contributed by atoms with Crippen LogP contribution in [0.3, 0.4) is 0 Å². The molecule has 8 heteroatoms. The molecule has 0 aromatic heterocycles. The zero-order chi connectivity index (χ0) is 26.4. The number of carbonyl (C=O) groups is 3. The van der Waals surface area contributed by atoms with Gasteiger partial charge in [-0.1, -0.05) is 45.0 Å². The van der Waals surface area contributed by atoms with Gasteiger partial charge in [-0.25, -0.2) is 14.4 Å². The molecule has 1 aliphatic rings. The van der Waals surface area contributed by atoms with E-state index in [-0.39, 0.29) is 12.1 Å². The van der Waals surface area contributed by atoms with Gasteiger partial charge in [-0.3, -0.25) is 4.90 Å². The molecule has 0 aliphatic carbocycles. The van der Waals surface area contributed by atoms with Gasteiger partial charge in [0.25, 0.3) is 0 Å². The first-order chi connectivity index (χ1) is 17.1. The molecule has 1 unspecified atom stereocenters. The minimum atomic E-state index is -0.703. The van der Waals surface area contributed by atoms with Crippen molar-refractivity contribution < 1.29 is 19.1 Å². The summed E-state index contributed by atoms with van der Waals surface area (Å²) in [5, 5.41) is 8.59. The van der Waals surface area contributed by atoms with Crippen LogP contribution in [0, 0.1) is 0 Å². The first kappa shape index (κ1) is 26.8. The summed E-state index contributed by atoms with van der Waals surface area (Å²) in [5.74, 6) is -0.0695. The van der Waals surface area contributed by atoms with Gasteiger partial charge in [0, 0.05) is 23.6 Å². The van der Waals surface area contributed by atoms with Crippen molar-refractivity contribution in [2.45, 2.75) is 66.0 Å². The molecule has 0 spiro atoms. The summed E-state index contributed by atoms with van der Waals surface area (Å²) >= 11 is 0. The van der Waals surface area contributed by atoms with Crippen LogP contribution >= 0.6 is 0 Å². The second kappa shape index (κ2) is 11.7. The number of amides is 4. The van der Waals surface area contributed by atoms with Crippen LogP contribution in [-0.2, 0) is 9.53 Å². The molecule has 1 atom stereocenters. The molecule has 0 saturated heterocycles. The Hall–Kier alpha value is -3.81. The number of hydrogen-bond acceptors (Lipinski definition) is 4. The summed E-state index contributed by atoms with van der Waals surface area (Å²) in [6, 6.07) is 13.4. The van der Waals surface area contributed by atoms with Crippen molar-refractivity contribution in [3.05, 3.63) is 70.9 Å². The summed E-state index contributed by atoms with van der Waals surface area (Å²) in [5.41, 5.74) is 4.01. The standard InChI is InChI=1S/C28H36N4O4/c1-7-15-32-19(6)24(26(33)36-18(4)5)25(31-28(32)35)21-9-8-10-23(16-21)30-27(34)29-22-13-11-20(12-14-22)17(2)3/h8-14,16-18,25H,7,15H2,1-6H3,(H,31,35)(H2,29,30,34). The van der Waals surface area contributed by atoms with Gasteiger partial charge in [0.2, 0.25) is 0 Å². The highest BCUT2D eigenvalue weighted by molar-refractivity contribution is 6.00. The first-order valence-electron chi connectivity index (χ1n) is 12.4. The predicted octanol–water partition coefficient (Wildman–Crippen LogP) is 6.16. The minimum absolute atomic E-state index is 0.276. The molecule has 3 rings (SSSR count). The van der Waals surface area contributed by atoms with Gasteiger partial charge in [-0.05, 0) is 68.5 Å². The van der Waals surface area contributed by atoms with Crippen LogP contribution in [0.25, 0.3) is 0 Å². The van der Waals surface area contributed by atoms with Crippen LogP contribution in [0.2, 0.25) is 0 Å². The molecule has 4 amide bonds. The average Bonchev–Trinajstić information content (AvgIpc) is 2.81. The van der Waals surface area contributed by atoms with Gasteiger partial charge in [0.15, 0.2) is 0 Å². The van der Waals surface area contributed by atoms with Crippen molar-refractivity contribution in [3.63, 3.8) is 0 Å². The Morgan fingerprint density at radius 1 is 1.03 bits per heavy atom. The smallest absolute Gasteiger partial charge is 0.338 e. The fourth-order valence-electron chi connectivity index (χ4n) is 4.11. The Labute approximate surface area is 213 Å². The Kier molecular flexibility index (Phi) is 8.74. The third-order valence-corrected chi connectivity index (χ3v) is 5.92. The highest BCUT2D eigenvalue weighted by Gasteiger charge is 2.36. The first-order valence-corrected chi connectivity index (χ1v) is 12.4. The van der Waals surface area contributed by atoms with Gasteiger partial charge in [-0.15, -0.1) is 0 Å². The Bertz CT molecular complexity index is 1140. The van der Waals surface area contributed by atoms with Crippen molar-refractivity contribution in [1.29, 1.82) is 0 Å². The molecule has 0 fully saturated rings. The Balaban J connectivity index is 1.83. The van der Waals surface area contributed by atoms with Crippen LogP contribution in [0.4, 0.5) is 21.0 Å². The number of nitrogens with zero attached hydrogens (tertiary/aromatic N) is 1. The number of benzene rings is 2. The molecule has 2 aromatic carbocycles. The molecule has 8 nitrogen and oxygen atoms in total. The molecule has 0 radical (unpaired) electrons. The molecule has 2 aromatic rings. The number of allylic oxidation sites excluding steroid dienone is 1. The monoisotopic (exact) mass is 492 g/mol. The van der Waals surface area contributed by atoms with Crippen LogP contribution in [0.1, 0.15) is 71.0 Å². The van der Waals surface area contributed by atoms with Crippen LogP contribution in [-0.4, -0.2) is 35.6 Å². The van der Waals surface area contributed by atoms with Crippen molar-refractivity contribution >= 4 is 29.4 Å². The fourth-order valence-corrected chi connectivity index (χ4v) is 4.11. The van der Waals surface area contributed by atoms with Gasteiger partial charge < -0.3 is 20.7 Å². The number of esters is 1. The highest BCUT2D eigenvalue weighted by Crippen LogP contribution is 2.33. The van der Waals surface area contributed by atoms with E-state index in [1.165, 1.54) is 5.56 Å². The largest absolute Gasteiger partial charge is 0.459 e. The Morgan fingerprint density at radius 2 is 1.69 bits per heavy atom. The van der Waals surface area contributed by atoms with E-state index in [2.05, 4.69) is 29.8 Å². The molecule has 3 N–H and O–H groups in total. The molecule has 0 saturated carbocycles. The Morgan fingerprint density at radius 3 is 2.31 bits per heavy atom. The highest BCUT2D eigenvalue weighted by atomic mass is 16.5. The molecule has 192 valence electrons. The van der Waals surface area contributed by atoms with Gasteiger partial charge in [-0.2, -0.15) is 0 Å². The number of rotatable bonds is 8. The number of nitrogens with one attached hydrogen (secondary N) is 3. The molecule has 36 heavy (non-hydrogen) atoms. The maximum Gasteiger partial charge on any atom is 0.338 e. The van der Waals surface area contributed by atoms with Gasteiger partial charge >= 0.3 is 18.0 Å². The molecule has 1 aliphatic heterocycles. The lowest BCUT2D eigenvalue weighted by molar-refractivity contribution is -0.143. The summed E-state index contributed by atoms with van der Waals surface area (Å²) < 4.78 is 5.50. The number of anilines is 2. The third-order valence-electron chi connectivity index (χ3n) is 5.92. The average molecular weight is 493 g/mol. The number of urea groups is 2. The third kappa shape index (κ3) is 6.44. The lowest BCUT2D eigenvalue weighted by atomic mass is 9.94. The SMILES string of the molecule is CCCN1C(=O)NC(c2cccc(NC(=O)Nc3ccc(C(C)C)cc3)c2)C(C(=O)OC(C)C)=C1C. The maximum atomic E-state index is 13.1. The van der Waals surface area contributed by atoms with E-state index in [9.17, 15) is 14.4 Å². The molecular formula is C28H36N4O4. The number of hydrogen-bond donors (Lipinski definition) is 3. The van der Waals surface area contributed by atoms with E-state index < -0.39 is 18.0 Å². The summed E-state index contributed by atoms with van der Waals surface area (Å²) in [6.45, 7) is 12.0. The van der Waals surface area contributed by atoms with E-state index in [0.717, 1.165) is 6.42 Å². The topological polar surface area (TPSA) is 99.8 Å². The van der Waals surface area contributed by atoms with Gasteiger partial charge in [0.1, 0.15) is 0 Å². The van der Waals surface area contributed by atoms with E-state index in [1.807, 2.05) is 37.3 Å². The number of ether oxygens (including phenoxy) is 1. The van der Waals surface area contributed by atoms with Crippen molar-refractivity contribution in [1.82, 2.24) is 10.2 Å². The van der Waals surface area contributed by atoms with Crippen LogP contribution < -0.4 is 16.0 Å². The van der Waals surface area contributed by atoms with Crippen LogP contribution in [0.5, 0.6) is 0 Å². The summed E-state index contributed by atoms with van der Waals surface area (Å²) in [4.78, 5) is 40.1. The van der Waals surface area contributed by atoms with E-state index >= 15 is 0 Å². The number of carbonyl (C=O) groups excluding carboxylic acids is 3. The van der Waals surface area contributed by atoms with Crippen molar-refractivity contribution in [2.24, 2.45) is 0 Å². The normalized spacial score (nSPS) is 15.7. The zero-order valence-corrected chi connectivity index (χ0v) is 21.8. The summed E-state index contributed by atoms with van der Waals surface area (Å²) in [7, 11) is 0. The lowest BCUT2D eigenvalue weighted by Crippen LogP contribution is -2.48. The summed E-state index contributed by atoms with van der Waals surface area (Å²) in [6.07, 6.45) is 0.443. The molecule has 1 heterocycles. The fraction of sp³-hybridized carbons (Fsp3) is 0.393. The lowest BCUT2D eigenvalue weighted by Gasteiger charge is -2.35. The van der Waals surface area contributed by atoms with Crippen molar-refractivity contribution in [2.75, 3.05) is 17.2 Å². The van der Waals surface area contributed by atoms with E-state index in [4.69, 9.17) is 4.74 Å². The minimum Gasteiger partial charge on any atom is -0.459 e. The maximum absolute atomic E-state index is 13.1. The predicted molar refractivity (Wildman–Crippen MR) is 142 cm³/mol. The van der Waals surface area contributed by atoms with Gasteiger partial charge in [0.05, 0.1) is 17.7 Å². The second-order valence-corrected chi connectivity index (χ2v) is 9.47. The quantitative estimate of drug-likeness (QED) is 0.385. The van der Waals surface area contributed by atoms with Crippen molar-refractivity contribution in [3.8, 4) is 0 Å². The zero-order valence-electron chi connectivity index (χ0n) is 21.8. The molecule has 0 bridgehead atoms. The van der Waals surface area contributed by atoms with E-state index in [1.54, 1.807) is 43.9 Å². The molecular weight excluding hydrogens is 456 g/mol.